The van der Waals surface area contributed by atoms with Crippen LogP contribution >= 0.6 is 0 Å². The zero-order valence-electron chi connectivity index (χ0n) is 17.8. The van der Waals surface area contributed by atoms with Crippen molar-refractivity contribution in [2.24, 2.45) is 0 Å². The molecule has 2 aromatic rings. The Morgan fingerprint density at radius 3 is 2.47 bits per heavy atom. The van der Waals surface area contributed by atoms with Crippen molar-refractivity contribution >= 4 is 28.9 Å². The van der Waals surface area contributed by atoms with Crippen LogP contribution in [0.15, 0.2) is 42.5 Å². The summed E-state index contributed by atoms with van der Waals surface area (Å²) in [6.45, 7) is 3.51. The topological polar surface area (TPSA) is 82.7 Å². The minimum Gasteiger partial charge on any atom is -0.378 e. The van der Waals surface area contributed by atoms with Crippen LogP contribution in [0.1, 0.15) is 22.8 Å². The Bertz CT molecular complexity index is 975. The van der Waals surface area contributed by atoms with Crippen LogP contribution in [0.3, 0.4) is 0 Å². The highest BCUT2D eigenvalue weighted by atomic mass is 19.4. The number of benzene rings is 2. The molecule has 10 heteroatoms. The number of nitrogens with zero attached hydrogens (tertiary/aromatic N) is 1. The summed E-state index contributed by atoms with van der Waals surface area (Å²) >= 11 is 0. The van der Waals surface area contributed by atoms with Crippen LogP contribution < -0.4 is 20.9 Å². The molecule has 2 aromatic carbocycles. The summed E-state index contributed by atoms with van der Waals surface area (Å²) in [6.07, 6.45) is -4.53. The van der Waals surface area contributed by atoms with Gasteiger partial charge in [0.25, 0.3) is 5.91 Å². The second-order valence-electron chi connectivity index (χ2n) is 7.34. The fourth-order valence-corrected chi connectivity index (χ4v) is 3.34. The number of nitrogens with one attached hydrogen (secondary N) is 3. The molecule has 1 aliphatic heterocycles. The van der Waals surface area contributed by atoms with E-state index in [0.29, 0.717) is 43.2 Å². The van der Waals surface area contributed by atoms with E-state index in [9.17, 15) is 22.8 Å². The predicted octanol–water partition coefficient (Wildman–Crippen LogP) is 3.34. The quantitative estimate of drug-likeness (QED) is 0.629. The Morgan fingerprint density at radius 1 is 1.09 bits per heavy atom. The molecule has 1 aliphatic rings. The molecule has 7 nitrogen and oxygen atoms in total. The normalized spacial score (nSPS) is 15.1. The van der Waals surface area contributed by atoms with Gasteiger partial charge in [-0.05, 0) is 43.3 Å². The lowest BCUT2D eigenvalue weighted by Gasteiger charge is -2.31. The van der Waals surface area contributed by atoms with Crippen molar-refractivity contribution in [3.63, 3.8) is 0 Å². The number of carbonyl (C=O) groups is 2. The zero-order chi connectivity index (χ0) is 23.3. The molecule has 3 rings (SSSR count). The molecule has 0 radical (unpaired) electrons. The molecular formula is C22H25F3N4O3. The van der Waals surface area contributed by atoms with Crippen molar-refractivity contribution in [3.8, 4) is 0 Å². The molecule has 1 atom stereocenters. The summed E-state index contributed by atoms with van der Waals surface area (Å²) in [5.74, 6) is -0.783. The Kier molecular flexibility index (Phi) is 7.24. The third-order valence-electron chi connectivity index (χ3n) is 5.06. The van der Waals surface area contributed by atoms with Gasteiger partial charge in [0.05, 0.1) is 30.2 Å². The smallest absolute Gasteiger partial charge is 0.378 e. The van der Waals surface area contributed by atoms with Crippen LogP contribution in [0.25, 0.3) is 0 Å². The molecular weight excluding hydrogens is 425 g/mol. The van der Waals surface area contributed by atoms with Gasteiger partial charge in [0.1, 0.15) is 6.04 Å². The number of morpholine rings is 1. The summed E-state index contributed by atoms with van der Waals surface area (Å²) in [6, 6.07) is 9.13. The van der Waals surface area contributed by atoms with E-state index >= 15 is 0 Å². The van der Waals surface area contributed by atoms with Gasteiger partial charge < -0.3 is 25.6 Å². The van der Waals surface area contributed by atoms with Gasteiger partial charge >= 0.3 is 6.18 Å². The molecule has 0 unspecified atom stereocenters. The van der Waals surface area contributed by atoms with Crippen LogP contribution in [-0.2, 0) is 15.7 Å². The molecule has 172 valence electrons. The number of halogens is 3. The third kappa shape index (κ3) is 5.70. The first-order valence-corrected chi connectivity index (χ1v) is 10.1. The fraction of sp³-hybridized carbons (Fsp3) is 0.364. The molecule has 0 spiro atoms. The number of anilines is 3. The maximum atomic E-state index is 13.3. The minimum absolute atomic E-state index is 0.0829. The Labute approximate surface area is 183 Å². The molecule has 0 aromatic heterocycles. The largest absolute Gasteiger partial charge is 0.416 e. The molecule has 1 saturated heterocycles. The average Bonchev–Trinajstić information content (AvgIpc) is 2.78. The minimum atomic E-state index is -4.53. The third-order valence-corrected chi connectivity index (χ3v) is 5.06. The number of hydrogen-bond acceptors (Lipinski definition) is 5. The van der Waals surface area contributed by atoms with Gasteiger partial charge in [0, 0.05) is 31.4 Å². The first-order valence-electron chi connectivity index (χ1n) is 10.1. The molecule has 0 bridgehead atoms. The highest BCUT2D eigenvalue weighted by Gasteiger charge is 2.32. The lowest BCUT2D eigenvalue weighted by molar-refractivity contribution is -0.137. The molecule has 0 aliphatic carbocycles. The molecule has 32 heavy (non-hydrogen) atoms. The van der Waals surface area contributed by atoms with Gasteiger partial charge in [-0.1, -0.05) is 6.07 Å². The van der Waals surface area contributed by atoms with Crippen LogP contribution in [-0.4, -0.2) is 51.2 Å². The summed E-state index contributed by atoms with van der Waals surface area (Å²) < 4.78 is 45.1. The van der Waals surface area contributed by atoms with Crippen LogP contribution in [0.5, 0.6) is 0 Å². The van der Waals surface area contributed by atoms with Crippen LogP contribution in [0.2, 0.25) is 0 Å². The zero-order valence-corrected chi connectivity index (χ0v) is 17.8. The monoisotopic (exact) mass is 450 g/mol. The number of ether oxygens (including phenoxy) is 1. The summed E-state index contributed by atoms with van der Waals surface area (Å²) in [4.78, 5) is 26.5. The van der Waals surface area contributed by atoms with E-state index < -0.39 is 23.7 Å². The van der Waals surface area contributed by atoms with E-state index in [0.717, 1.165) is 12.1 Å². The second-order valence-corrected chi connectivity index (χ2v) is 7.34. The Morgan fingerprint density at radius 2 is 1.81 bits per heavy atom. The molecule has 3 N–H and O–H groups in total. The predicted molar refractivity (Wildman–Crippen MR) is 116 cm³/mol. The average molecular weight is 450 g/mol. The van der Waals surface area contributed by atoms with Crippen LogP contribution in [0.4, 0.5) is 30.2 Å². The maximum absolute atomic E-state index is 13.3. The van der Waals surface area contributed by atoms with Crippen molar-refractivity contribution in [1.29, 1.82) is 0 Å². The van der Waals surface area contributed by atoms with E-state index in [4.69, 9.17) is 4.74 Å². The van der Waals surface area contributed by atoms with Gasteiger partial charge in [-0.3, -0.25) is 9.59 Å². The number of alkyl halides is 3. The van der Waals surface area contributed by atoms with Crippen molar-refractivity contribution in [2.75, 3.05) is 48.9 Å². The van der Waals surface area contributed by atoms with E-state index in [1.54, 1.807) is 31.2 Å². The van der Waals surface area contributed by atoms with Gasteiger partial charge in [-0.2, -0.15) is 13.2 Å². The Hall–Kier alpha value is -3.27. The first kappa shape index (κ1) is 23.4. The summed E-state index contributed by atoms with van der Waals surface area (Å²) in [5, 5.41) is 8.12. The Balaban J connectivity index is 1.80. The fourth-order valence-electron chi connectivity index (χ4n) is 3.34. The SMILES string of the molecule is CNC(=O)c1cccc(N[C@H](C)C(=O)Nc2cc(C(F)(F)F)ccc2N2CCOCC2)c1. The highest BCUT2D eigenvalue weighted by Crippen LogP contribution is 2.36. The number of carbonyl (C=O) groups excluding carboxylic acids is 2. The van der Waals surface area contributed by atoms with Gasteiger partial charge in [-0.25, -0.2) is 0 Å². The lowest BCUT2D eigenvalue weighted by atomic mass is 10.1. The van der Waals surface area contributed by atoms with E-state index in [1.807, 2.05) is 4.90 Å². The van der Waals surface area contributed by atoms with Crippen molar-refractivity contribution in [1.82, 2.24) is 5.32 Å². The molecule has 1 fully saturated rings. The number of amides is 2. The number of rotatable bonds is 6. The van der Waals surface area contributed by atoms with Gasteiger partial charge in [0.2, 0.25) is 5.91 Å². The van der Waals surface area contributed by atoms with E-state index in [-0.39, 0.29) is 11.6 Å². The maximum Gasteiger partial charge on any atom is 0.416 e. The summed E-state index contributed by atoms with van der Waals surface area (Å²) in [7, 11) is 1.51. The summed E-state index contributed by atoms with van der Waals surface area (Å²) in [5.41, 5.74) is 0.690. The van der Waals surface area contributed by atoms with E-state index in [1.165, 1.54) is 13.1 Å². The second kappa shape index (κ2) is 9.90. The first-order chi connectivity index (χ1) is 15.2. The van der Waals surface area contributed by atoms with Crippen molar-refractivity contribution in [2.45, 2.75) is 19.1 Å². The van der Waals surface area contributed by atoms with Crippen LogP contribution in [0, 0.1) is 0 Å². The van der Waals surface area contributed by atoms with Crippen molar-refractivity contribution < 1.29 is 27.5 Å². The molecule has 1 heterocycles. The molecule has 2 amide bonds. The van der Waals surface area contributed by atoms with Crippen molar-refractivity contribution in [3.05, 3.63) is 53.6 Å². The molecule has 0 saturated carbocycles. The van der Waals surface area contributed by atoms with Gasteiger partial charge in [0.15, 0.2) is 0 Å². The lowest BCUT2D eigenvalue weighted by Crippen LogP contribution is -2.37. The standard InChI is InChI=1S/C22H25F3N4O3/c1-14(27-17-5-3-4-15(12-17)21(31)26-2)20(30)28-18-13-16(22(23,24)25)6-7-19(18)29-8-10-32-11-9-29/h3-7,12-14,27H,8-11H2,1-2H3,(H,26,31)(H,28,30)/t14-/m1/s1. The highest BCUT2D eigenvalue weighted by molar-refractivity contribution is 5.99. The van der Waals surface area contributed by atoms with E-state index in [2.05, 4.69) is 16.0 Å². The number of hydrogen-bond donors (Lipinski definition) is 3. The van der Waals surface area contributed by atoms with Gasteiger partial charge in [-0.15, -0.1) is 0 Å².